The smallest absolute Gasteiger partial charge is 0.338 e. The molecule has 0 radical (unpaired) electrons. The fraction of sp³-hybridized carbons (Fsp3) is 0.308. The van der Waals surface area contributed by atoms with Crippen molar-refractivity contribution in [2.24, 2.45) is 0 Å². The number of nitrogens with zero attached hydrogens (tertiary/aromatic N) is 2. The highest BCUT2D eigenvalue weighted by Crippen LogP contribution is 2.10. The van der Waals surface area contributed by atoms with Crippen LogP contribution in [0.1, 0.15) is 27.6 Å². The first kappa shape index (κ1) is 14.1. The van der Waals surface area contributed by atoms with E-state index >= 15 is 0 Å². The van der Waals surface area contributed by atoms with E-state index in [9.17, 15) is 9.18 Å². The Kier molecular flexibility index (Phi) is 4.41. The zero-order chi connectivity index (χ0) is 14.5. The molecule has 2 N–H and O–H groups in total. The third-order valence-corrected chi connectivity index (χ3v) is 2.69. The lowest BCUT2D eigenvalue weighted by molar-refractivity contribution is 0.0692. The molecule has 2 aromatic rings. The lowest BCUT2D eigenvalue weighted by Gasteiger charge is -2.05. The number of carbonyl (C=O) groups is 1. The maximum absolute atomic E-state index is 13.4. The number of nitrogens with one attached hydrogen (secondary N) is 1. The molecule has 2 rings (SSSR count). The van der Waals surface area contributed by atoms with Crippen molar-refractivity contribution in [3.05, 3.63) is 46.9 Å². The second kappa shape index (κ2) is 6.25. The Balaban J connectivity index is 1.82. The number of benzene rings is 1. The van der Waals surface area contributed by atoms with Gasteiger partial charge in [-0.05, 0) is 17.7 Å². The summed E-state index contributed by atoms with van der Waals surface area (Å²) < 4.78 is 18.3. The Morgan fingerprint density at radius 3 is 2.90 bits per heavy atom. The first-order valence-electron chi connectivity index (χ1n) is 6.08. The van der Waals surface area contributed by atoms with Gasteiger partial charge in [0.15, 0.2) is 5.82 Å². The third kappa shape index (κ3) is 3.61. The van der Waals surface area contributed by atoms with Crippen molar-refractivity contribution in [1.82, 2.24) is 15.5 Å². The second-order valence-corrected chi connectivity index (χ2v) is 4.28. The molecule has 0 aliphatic heterocycles. The number of aromatic nitrogens is 2. The first-order valence-corrected chi connectivity index (χ1v) is 6.08. The fourth-order valence-corrected chi connectivity index (χ4v) is 1.72. The van der Waals surface area contributed by atoms with E-state index in [1.807, 2.05) is 0 Å². The number of carboxylic acids is 1. The summed E-state index contributed by atoms with van der Waals surface area (Å²) in [5.74, 6) is -0.867. The Morgan fingerprint density at radius 1 is 1.50 bits per heavy atom. The summed E-state index contributed by atoms with van der Waals surface area (Å²) in [5, 5.41) is 15.6. The van der Waals surface area contributed by atoms with Gasteiger partial charge in [-0.1, -0.05) is 11.2 Å². The lowest BCUT2D eigenvalue weighted by atomic mass is 10.1. The van der Waals surface area contributed by atoms with Gasteiger partial charge in [0.25, 0.3) is 0 Å². The van der Waals surface area contributed by atoms with Crippen molar-refractivity contribution in [1.29, 1.82) is 0 Å². The molecule has 1 aromatic heterocycles. The molecule has 1 aromatic carbocycles. The Labute approximate surface area is 114 Å². The summed E-state index contributed by atoms with van der Waals surface area (Å²) in [7, 11) is 0. The number of hydrogen-bond acceptors (Lipinski definition) is 5. The van der Waals surface area contributed by atoms with E-state index in [0.29, 0.717) is 36.8 Å². The van der Waals surface area contributed by atoms with Crippen LogP contribution in [0.2, 0.25) is 0 Å². The van der Waals surface area contributed by atoms with Gasteiger partial charge in [0.05, 0.1) is 5.56 Å². The van der Waals surface area contributed by atoms with Crippen LogP contribution in [0.3, 0.4) is 0 Å². The van der Waals surface area contributed by atoms with E-state index in [4.69, 9.17) is 9.63 Å². The predicted molar refractivity (Wildman–Crippen MR) is 67.8 cm³/mol. The largest absolute Gasteiger partial charge is 0.478 e. The van der Waals surface area contributed by atoms with Crippen molar-refractivity contribution >= 4 is 5.97 Å². The van der Waals surface area contributed by atoms with Gasteiger partial charge in [0.1, 0.15) is 5.82 Å². The maximum Gasteiger partial charge on any atom is 0.338 e. The molecule has 0 amide bonds. The summed E-state index contributed by atoms with van der Waals surface area (Å²) in [6.45, 7) is 2.77. The monoisotopic (exact) mass is 279 g/mol. The van der Waals surface area contributed by atoms with Crippen LogP contribution in [0.4, 0.5) is 4.39 Å². The Hall–Kier alpha value is -2.28. The van der Waals surface area contributed by atoms with Gasteiger partial charge in [-0.2, -0.15) is 4.98 Å². The molecule has 6 nitrogen and oxygen atoms in total. The molecule has 106 valence electrons. The molecule has 0 spiro atoms. The quantitative estimate of drug-likeness (QED) is 0.780. The molecule has 0 aliphatic rings. The molecule has 0 saturated heterocycles. The van der Waals surface area contributed by atoms with Gasteiger partial charge in [0, 0.05) is 26.4 Å². The molecule has 7 heteroatoms. The molecule has 0 fully saturated rings. The minimum atomic E-state index is -1.27. The van der Waals surface area contributed by atoms with Crippen LogP contribution in [-0.2, 0) is 13.0 Å². The highest BCUT2D eigenvalue weighted by molar-refractivity contribution is 5.87. The molecule has 0 atom stereocenters. The van der Waals surface area contributed by atoms with E-state index in [-0.39, 0.29) is 5.56 Å². The number of halogens is 1. The standard InChI is InChI=1S/C13H14FN3O3/c1-8-16-12(17-20-8)4-5-15-7-9-2-3-10(13(18)19)11(14)6-9/h2-3,6,15H,4-5,7H2,1H3,(H,18,19). The van der Waals surface area contributed by atoms with Crippen molar-refractivity contribution in [2.75, 3.05) is 6.54 Å². The van der Waals surface area contributed by atoms with E-state index in [0.717, 1.165) is 0 Å². The summed E-state index contributed by atoms with van der Waals surface area (Å²) in [6.07, 6.45) is 0.604. The average Bonchev–Trinajstić information content (AvgIpc) is 2.80. The molecule has 0 bridgehead atoms. The van der Waals surface area contributed by atoms with Crippen molar-refractivity contribution in [3.63, 3.8) is 0 Å². The molecule has 1 heterocycles. The van der Waals surface area contributed by atoms with Gasteiger partial charge in [0.2, 0.25) is 5.89 Å². The van der Waals surface area contributed by atoms with E-state index in [1.165, 1.54) is 12.1 Å². The maximum atomic E-state index is 13.4. The molecular weight excluding hydrogens is 265 g/mol. The van der Waals surface area contributed by atoms with Crippen molar-refractivity contribution in [2.45, 2.75) is 19.9 Å². The Bertz CT molecular complexity index is 613. The first-order chi connectivity index (χ1) is 9.56. The van der Waals surface area contributed by atoms with Crippen LogP contribution < -0.4 is 5.32 Å². The zero-order valence-electron chi connectivity index (χ0n) is 10.9. The summed E-state index contributed by atoms with van der Waals surface area (Å²) in [5.41, 5.74) is 0.354. The molecular formula is C13H14FN3O3. The highest BCUT2D eigenvalue weighted by atomic mass is 19.1. The highest BCUT2D eigenvalue weighted by Gasteiger charge is 2.10. The number of hydrogen-bond donors (Lipinski definition) is 2. The van der Waals surface area contributed by atoms with E-state index in [2.05, 4.69) is 15.5 Å². The number of aryl methyl sites for hydroxylation is 1. The van der Waals surface area contributed by atoms with Gasteiger partial charge in [-0.25, -0.2) is 9.18 Å². The van der Waals surface area contributed by atoms with Gasteiger partial charge < -0.3 is 14.9 Å². The fourth-order valence-electron chi connectivity index (χ4n) is 1.72. The van der Waals surface area contributed by atoms with Crippen molar-refractivity contribution in [3.8, 4) is 0 Å². The average molecular weight is 279 g/mol. The number of carboxylic acid groups (broad SMARTS) is 1. The van der Waals surface area contributed by atoms with Crippen LogP contribution >= 0.6 is 0 Å². The lowest BCUT2D eigenvalue weighted by Crippen LogP contribution is -2.17. The van der Waals surface area contributed by atoms with E-state index < -0.39 is 11.8 Å². The summed E-state index contributed by atoms with van der Waals surface area (Å²) >= 11 is 0. The minimum absolute atomic E-state index is 0.323. The summed E-state index contributed by atoms with van der Waals surface area (Å²) in [6, 6.07) is 4.06. The van der Waals surface area contributed by atoms with Gasteiger partial charge in [-0.3, -0.25) is 0 Å². The topological polar surface area (TPSA) is 88.2 Å². The molecule has 0 aliphatic carbocycles. The van der Waals surface area contributed by atoms with Crippen molar-refractivity contribution < 1.29 is 18.8 Å². The SMILES string of the molecule is Cc1nc(CCNCc2ccc(C(=O)O)c(F)c2)no1. The van der Waals surface area contributed by atoms with Crippen LogP contribution in [0, 0.1) is 12.7 Å². The number of rotatable bonds is 6. The number of aromatic carboxylic acids is 1. The van der Waals surface area contributed by atoms with Crippen LogP contribution in [0.25, 0.3) is 0 Å². The van der Waals surface area contributed by atoms with Crippen LogP contribution in [0.15, 0.2) is 22.7 Å². The minimum Gasteiger partial charge on any atom is -0.478 e. The van der Waals surface area contributed by atoms with E-state index in [1.54, 1.807) is 13.0 Å². The summed E-state index contributed by atoms with van der Waals surface area (Å²) in [4.78, 5) is 14.7. The molecule has 0 saturated carbocycles. The molecule has 0 unspecified atom stereocenters. The predicted octanol–water partition coefficient (Wildman–Crippen LogP) is 1.55. The molecule has 20 heavy (non-hydrogen) atoms. The zero-order valence-corrected chi connectivity index (χ0v) is 10.9. The second-order valence-electron chi connectivity index (χ2n) is 4.28. The normalized spacial score (nSPS) is 10.7. The Morgan fingerprint density at radius 2 is 2.30 bits per heavy atom. The van der Waals surface area contributed by atoms with Gasteiger partial charge >= 0.3 is 5.97 Å². The van der Waals surface area contributed by atoms with Crippen LogP contribution in [-0.4, -0.2) is 27.8 Å². The third-order valence-electron chi connectivity index (χ3n) is 2.69. The van der Waals surface area contributed by atoms with Crippen LogP contribution in [0.5, 0.6) is 0 Å². The van der Waals surface area contributed by atoms with Gasteiger partial charge in [-0.15, -0.1) is 0 Å².